The molecule has 2 aromatic rings. The fourth-order valence-electron chi connectivity index (χ4n) is 5.52. The normalized spacial score (nSPS) is 21.4. The molecule has 3 amide bonds. The van der Waals surface area contributed by atoms with Crippen LogP contribution < -0.4 is 10.8 Å². The Morgan fingerprint density at radius 1 is 1.02 bits per heavy atom. The number of carbonyl (C=O) groups excluding carboxylic acids is 3. The van der Waals surface area contributed by atoms with Crippen LogP contribution in [0.1, 0.15) is 42.1 Å². The molecule has 10 nitrogen and oxygen atoms in total. The molecule has 3 aliphatic heterocycles. The number of amides is 3. The average Bonchev–Trinajstić information content (AvgIpc) is 2.95. The van der Waals surface area contributed by atoms with E-state index in [0.717, 1.165) is 61.7 Å². The van der Waals surface area contributed by atoms with Gasteiger partial charge in [-0.05, 0) is 48.6 Å². The number of hydroxylamine groups is 1. The van der Waals surface area contributed by atoms with Crippen molar-refractivity contribution < 1.29 is 28.7 Å². The van der Waals surface area contributed by atoms with Gasteiger partial charge < -0.3 is 19.7 Å². The summed E-state index contributed by atoms with van der Waals surface area (Å²) in [5, 5.41) is 2.49. The van der Waals surface area contributed by atoms with Gasteiger partial charge in [0.2, 0.25) is 0 Å². The second-order valence-electron chi connectivity index (χ2n) is 11.3. The lowest BCUT2D eigenvalue weighted by Gasteiger charge is -2.55. The number of hydrogen-bond acceptors (Lipinski definition) is 7. The van der Waals surface area contributed by atoms with Crippen LogP contribution in [-0.4, -0.2) is 86.4 Å². The Bertz CT molecular complexity index is 1220. The summed E-state index contributed by atoms with van der Waals surface area (Å²) in [7, 11) is 2.85. The zero-order valence-corrected chi connectivity index (χ0v) is 23.4. The molecule has 0 radical (unpaired) electrons. The van der Waals surface area contributed by atoms with E-state index in [1.54, 1.807) is 12.1 Å². The van der Waals surface area contributed by atoms with Gasteiger partial charge in [0.05, 0.1) is 13.2 Å². The Hall–Kier alpha value is -3.31. The molecule has 2 atom stereocenters. The van der Waals surface area contributed by atoms with Gasteiger partial charge in [-0.25, -0.2) is 10.3 Å². The SMILES string of the molecule is CNC(=O)[C@@](C)(C(=O)NOC1CCCCO1)N(C)C(=O)c1ccc(-c2ccc(CN3CC4(COC4)C3)cc2)cc1. The molecule has 10 heteroatoms. The van der Waals surface area contributed by atoms with Gasteiger partial charge in [-0.1, -0.05) is 36.4 Å². The number of nitrogens with one attached hydrogen (secondary N) is 2. The number of ether oxygens (including phenoxy) is 2. The molecule has 2 N–H and O–H groups in total. The van der Waals surface area contributed by atoms with Crippen LogP contribution in [0.15, 0.2) is 48.5 Å². The van der Waals surface area contributed by atoms with E-state index < -0.39 is 29.6 Å². The molecule has 3 aliphatic rings. The number of rotatable bonds is 9. The summed E-state index contributed by atoms with van der Waals surface area (Å²) in [5.41, 5.74) is 4.52. The first-order chi connectivity index (χ1) is 19.2. The molecule has 2 aromatic carbocycles. The Labute approximate surface area is 234 Å². The van der Waals surface area contributed by atoms with Gasteiger partial charge in [-0.3, -0.25) is 19.3 Å². The van der Waals surface area contributed by atoms with Crippen LogP contribution in [0.2, 0.25) is 0 Å². The lowest BCUT2D eigenvalue weighted by molar-refractivity contribution is -0.204. The predicted octanol–water partition coefficient (Wildman–Crippen LogP) is 2.34. The van der Waals surface area contributed by atoms with Crippen molar-refractivity contribution in [1.29, 1.82) is 0 Å². The first kappa shape index (κ1) is 28.2. The number of hydrogen-bond donors (Lipinski definition) is 2. The maximum Gasteiger partial charge on any atom is 0.279 e. The molecule has 0 aliphatic carbocycles. The highest BCUT2D eigenvalue weighted by Crippen LogP contribution is 2.38. The standard InChI is InChI=1S/C30H38N4O6/c1-29(27(36)31-2,28(37)32-40-25-6-4-5-15-39-25)33(3)26(35)24-13-11-23(12-14-24)22-9-7-21(8-10-22)16-34-17-30(18-34)19-38-20-30/h7-14,25H,4-6,15-20H2,1-3H3,(H,31,36)(H,32,37)/t25?,29-/m0/s1. The molecule has 0 saturated carbocycles. The summed E-state index contributed by atoms with van der Waals surface area (Å²) in [6.45, 7) is 6.83. The minimum atomic E-state index is -1.85. The minimum absolute atomic E-state index is 0.356. The third-order valence-electron chi connectivity index (χ3n) is 8.27. The van der Waals surface area contributed by atoms with Gasteiger partial charge in [0, 0.05) is 57.7 Å². The van der Waals surface area contributed by atoms with Gasteiger partial charge in [0.25, 0.3) is 17.7 Å². The zero-order valence-electron chi connectivity index (χ0n) is 23.4. The van der Waals surface area contributed by atoms with Crippen LogP contribution >= 0.6 is 0 Å². The van der Waals surface area contributed by atoms with E-state index in [0.29, 0.717) is 24.0 Å². The number of carbonyl (C=O) groups is 3. The summed E-state index contributed by atoms with van der Waals surface area (Å²) in [5.74, 6) is -1.87. The lowest BCUT2D eigenvalue weighted by atomic mass is 9.78. The summed E-state index contributed by atoms with van der Waals surface area (Å²) in [4.78, 5) is 48.4. The monoisotopic (exact) mass is 550 g/mol. The van der Waals surface area contributed by atoms with Crippen LogP contribution in [0.4, 0.5) is 0 Å². The van der Waals surface area contributed by atoms with E-state index in [1.165, 1.54) is 26.6 Å². The lowest BCUT2D eigenvalue weighted by Crippen LogP contribution is -2.65. The molecule has 3 heterocycles. The van der Waals surface area contributed by atoms with Crippen LogP contribution in [0.25, 0.3) is 11.1 Å². The summed E-state index contributed by atoms with van der Waals surface area (Å²) in [6, 6.07) is 15.6. The first-order valence-corrected chi connectivity index (χ1v) is 13.8. The highest BCUT2D eigenvalue weighted by molar-refractivity contribution is 6.12. The molecule has 3 saturated heterocycles. The molecule has 0 bridgehead atoms. The van der Waals surface area contributed by atoms with Crippen LogP contribution in [-0.2, 0) is 30.4 Å². The van der Waals surface area contributed by atoms with E-state index >= 15 is 0 Å². The summed E-state index contributed by atoms with van der Waals surface area (Å²) < 4.78 is 10.8. The fraction of sp³-hybridized carbons (Fsp3) is 0.500. The Balaban J connectivity index is 1.21. The zero-order chi connectivity index (χ0) is 28.3. The predicted molar refractivity (Wildman–Crippen MR) is 148 cm³/mol. The number of likely N-dealkylation sites (tertiary alicyclic amines) is 1. The van der Waals surface area contributed by atoms with Crippen molar-refractivity contribution in [2.75, 3.05) is 47.0 Å². The van der Waals surface area contributed by atoms with Crippen molar-refractivity contribution in [2.45, 2.75) is 44.6 Å². The number of benzene rings is 2. The van der Waals surface area contributed by atoms with Crippen molar-refractivity contribution in [3.63, 3.8) is 0 Å². The van der Waals surface area contributed by atoms with E-state index in [-0.39, 0.29) is 0 Å². The fourth-order valence-corrected chi connectivity index (χ4v) is 5.52. The smallest absolute Gasteiger partial charge is 0.279 e. The Morgan fingerprint density at radius 2 is 1.68 bits per heavy atom. The first-order valence-electron chi connectivity index (χ1n) is 13.8. The van der Waals surface area contributed by atoms with E-state index in [1.807, 2.05) is 12.1 Å². The number of likely N-dealkylation sites (N-methyl/N-ethyl adjacent to an activating group) is 2. The second kappa shape index (κ2) is 11.7. The third-order valence-corrected chi connectivity index (χ3v) is 8.27. The second-order valence-corrected chi connectivity index (χ2v) is 11.3. The van der Waals surface area contributed by atoms with E-state index in [4.69, 9.17) is 14.3 Å². The molecule has 1 spiro atoms. The molecular weight excluding hydrogens is 512 g/mol. The average molecular weight is 551 g/mol. The van der Waals surface area contributed by atoms with Gasteiger partial charge in [-0.15, -0.1) is 0 Å². The molecular formula is C30H38N4O6. The van der Waals surface area contributed by atoms with Crippen LogP contribution in [0.3, 0.4) is 0 Å². The Kier molecular flexibility index (Phi) is 8.23. The van der Waals surface area contributed by atoms with E-state index in [9.17, 15) is 14.4 Å². The van der Waals surface area contributed by atoms with Crippen molar-refractivity contribution >= 4 is 17.7 Å². The molecule has 5 rings (SSSR count). The largest absolute Gasteiger partial charge is 0.380 e. The molecule has 1 unspecified atom stereocenters. The Morgan fingerprint density at radius 3 is 2.23 bits per heavy atom. The van der Waals surface area contributed by atoms with Crippen LogP contribution in [0.5, 0.6) is 0 Å². The van der Waals surface area contributed by atoms with Gasteiger partial charge >= 0.3 is 0 Å². The maximum atomic E-state index is 13.4. The minimum Gasteiger partial charge on any atom is -0.380 e. The molecule has 0 aromatic heterocycles. The molecule has 3 fully saturated rings. The topological polar surface area (TPSA) is 109 Å². The highest BCUT2D eigenvalue weighted by Gasteiger charge is 2.49. The third kappa shape index (κ3) is 5.62. The van der Waals surface area contributed by atoms with Crippen molar-refractivity contribution in [3.05, 3.63) is 59.7 Å². The highest BCUT2D eigenvalue weighted by atomic mass is 16.8. The molecule has 40 heavy (non-hydrogen) atoms. The maximum absolute atomic E-state index is 13.4. The van der Waals surface area contributed by atoms with Crippen molar-refractivity contribution in [1.82, 2.24) is 20.6 Å². The number of nitrogens with zero attached hydrogens (tertiary/aromatic N) is 2. The summed E-state index contributed by atoms with van der Waals surface area (Å²) >= 11 is 0. The quantitative estimate of drug-likeness (QED) is 0.364. The van der Waals surface area contributed by atoms with Crippen molar-refractivity contribution in [3.8, 4) is 11.1 Å². The van der Waals surface area contributed by atoms with Gasteiger partial charge in [0.15, 0.2) is 11.8 Å². The van der Waals surface area contributed by atoms with Gasteiger partial charge in [0.1, 0.15) is 0 Å². The summed E-state index contributed by atoms with van der Waals surface area (Å²) in [6.07, 6.45) is 1.90. The van der Waals surface area contributed by atoms with Crippen molar-refractivity contribution in [2.24, 2.45) is 5.41 Å². The molecule has 214 valence electrons. The van der Waals surface area contributed by atoms with E-state index in [2.05, 4.69) is 40.0 Å². The van der Waals surface area contributed by atoms with Gasteiger partial charge in [-0.2, -0.15) is 0 Å². The van der Waals surface area contributed by atoms with Crippen LogP contribution in [0, 0.1) is 5.41 Å².